The molecular weight excluding hydrogens is 206 g/mol. The standard InChI is InChI=1S/C11H13N3O2/c1-8-4-5-10-9(7-8)12-13-14(10)6-2-3-11(15)16/h4-5,7H,2-3,6H2,1H3,(H,15,16). The molecule has 0 amide bonds. The molecule has 0 aliphatic carbocycles. The monoisotopic (exact) mass is 219 g/mol. The Hall–Kier alpha value is -1.91. The summed E-state index contributed by atoms with van der Waals surface area (Å²) < 4.78 is 1.75. The van der Waals surface area contributed by atoms with Crippen LogP contribution in [0.5, 0.6) is 0 Å². The van der Waals surface area contributed by atoms with Gasteiger partial charge in [-0.3, -0.25) is 4.79 Å². The van der Waals surface area contributed by atoms with Gasteiger partial charge in [0.2, 0.25) is 0 Å². The molecule has 0 spiro atoms. The largest absolute Gasteiger partial charge is 0.481 e. The number of fused-ring (bicyclic) bond motifs is 1. The number of nitrogens with zero attached hydrogens (tertiary/aromatic N) is 3. The van der Waals surface area contributed by atoms with Gasteiger partial charge in [-0.25, -0.2) is 4.68 Å². The summed E-state index contributed by atoms with van der Waals surface area (Å²) in [6.45, 7) is 2.59. The van der Waals surface area contributed by atoms with Crippen molar-refractivity contribution in [2.75, 3.05) is 0 Å². The Morgan fingerprint density at radius 1 is 1.50 bits per heavy atom. The molecule has 0 unspecified atom stereocenters. The van der Waals surface area contributed by atoms with Gasteiger partial charge in [0.25, 0.3) is 0 Å². The second-order valence-corrected chi connectivity index (χ2v) is 3.80. The number of aliphatic carboxylic acids is 1. The minimum absolute atomic E-state index is 0.160. The molecule has 1 N–H and O–H groups in total. The molecular formula is C11H13N3O2. The zero-order valence-corrected chi connectivity index (χ0v) is 9.05. The van der Waals surface area contributed by atoms with Gasteiger partial charge in [-0.15, -0.1) is 5.10 Å². The SMILES string of the molecule is Cc1ccc2c(c1)nnn2CCCC(=O)O. The van der Waals surface area contributed by atoms with Crippen molar-refractivity contribution in [1.82, 2.24) is 15.0 Å². The Balaban J connectivity index is 2.15. The van der Waals surface area contributed by atoms with Gasteiger partial charge in [-0.2, -0.15) is 0 Å². The van der Waals surface area contributed by atoms with Crippen LogP contribution in [0.15, 0.2) is 18.2 Å². The maximum absolute atomic E-state index is 10.4. The number of carboxylic acid groups (broad SMARTS) is 1. The van der Waals surface area contributed by atoms with E-state index in [9.17, 15) is 4.79 Å². The van der Waals surface area contributed by atoms with Crippen molar-refractivity contribution in [2.45, 2.75) is 26.3 Å². The molecule has 2 rings (SSSR count). The summed E-state index contributed by atoms with van der Waals surface area (Å²) in [5.74, 6) is -0.778. The van der Waals surface area contributed by atoms with Crippen molar-refractivity contribution in [3.05, 3.63) is 23.8 Å². The van der Waals surface area contributed by atoms with E-state index >= 15 is 0 Å². The van der Waals surface area contributed by atoms with Gasteiger partial charge in [0, 0.05) is 13.0 Å². The van der Waals surface area contributed by atoms with E-state index in [2.05, 4.69) is 10.3 Å². The predicted molar refractivity (Wildman–Crippen MR) is 59.1 cm³/mol. The van der Waals surface area contributed by atoms with E-state index < -0.39 is 5.97 Å². The highest BCUT2D eigenvalue weighted by atomic mass is 16.4. The third-order valence-corrected chi connectivity index (χ3v) is 2.43. The molecule has 0 saturated heterocycles. The van der Waals surface area contributed by atoms with E-state index in [0.29, 0.717) is 13.0 Å². The first-order valence-electron chi connectivity index (χ1n) is 5.18. The van der Waals surface area contributed by atoms with E-state index in [1.165, 1.54) is 0 Å². The molecule has 5 heteroatoms. The number of benzene rings is 1. The molecule has 0 fully saturated rings. The van der Waals surface area contributed by atoms with Crippen molar-refractivity contribution in [1.29, 1.82) is 0 Å². The minimum atomic E-state index is -0.778. The van der Waals surface area contributed by atoms with Crippen LogP contribution in [0.2, 0.25) is 0 Å². The van der Waals surface area contributed by atoms with Gasteiger partial charge in [-0.1, -0.05) is 11.3 Å². The second kappa shape index (κ2) is 4.30. The Kier molecular flexibility index (Phi) is 2.85. The van der Waals surface area contributed by atoms with Crippen LogP contribution in [0.1, 0.15) is 18.4 Å². The topological polar surface area (TPSA) is 68.0 Å². The molecule has 0 saturated carbocycles. The van der Waals surface area contributed by atoms with E-state index in [1.807, 2.05) is 25.1 Å². The van der Waals surface area contributed by atoms with Crippen LogP contribution < -0.4 is 0 Å². The fourth-order valence-electron chi connectivity index (χ4n) is 1.63. The fraction of sp³-hybridized carbons (Fsp3) is 0.364. The molecule has 5 nitrogen and oxygen atoms in total. The highest BCUT2D eigenvalue weighted by molar-refractivity contribution is 5.74. The summed E-state index contributed by atoms with van der Waals surface area (Å²) in [5.41, 5.74) is 2.95. The molecule has 16 heavy (non-hydrogen) atoms. The lowest BCUT2D eigenvalue weighted by molar-refractivity contribution is -0.137. The maximum Gasteiger partial charge on any atom is 0.303 e. The third kappa shape index (κ3) is 2.18. The summed E-state index contributed by atoms with van der Waals surface area (Å²) in [7, 11) is 0. The number of aromatic nitrogens is 3. The Morgan fingerprint density at radius 3 is 3.06 bits per heavy atom. The Labute approximate surface area is 92.7 Å². The number of hydrogen-bond acceptors (Lipinski definition) is 3. The zero-order chi connectivity index (χ0) is 11.5. The smallest absolute Gasteiger partial charge is 0.303 e. The van der Waals surface area contributed by atoms with Gasteiger partial charge in [-0.05, 0) is 31.0 Å². The number of carboxylic acids is 1. The highest BCUT2D eigenvalue weighted by Gasteiger charge is 2.04. The van der Waals surface area contributed by atoms with Crippen molar-refractivity contribution in [3.63, 3.8) is 0 Å². The Morgan fingerprint density at radius 2 is 2.31 bits per heavy atom. The zero-order valence-electron chi connectivity index (χ0n) is 9.05. The summed E-state index contributed by atoms with van der Waals surface area (Å²) >= 11 is 0. The molecule has 1 aromatic heterocycles. The number of rotatable bonds is 4. The lowest BCUT2D eigenvalue weighted by atomic mass is 10.2. The van der Waals surface area contributed by atoms with Gasteiger partial charge in [0.15, 0.2) is 0 Å². The van der Waals surface area contributed by atoms with E-state index in [-0.39, 0.29) is 6.42 Å². The van der Waals surface area contributed by atoms with Crippen LogP contribution in [-0.4, -0.2) is 26.1 Å². The van der Waals surface area contributed by atoms with Crippen LogP contribution in [-0.2, 0) is 11.3 Å². The highest BCUT2D eigenvalue weighted by Crippen LogP contribution is 2.13. The first kappa shape index (κ1) is 10.6. The lowest BCUT2D eigenvalue weighted by Crippen LogP contribution is -2.03. The normalized spacial score (nSPS) is 10.8. The maximum atomic E-state index is 10.4. The van der Waals surface area contributed by atoms with Gasteiger partial charge < -0.3 is 5.11 Å². The second-order valence-electron chi connectivity index (χ2n) is 3.80. The quantitative estimate of drug-likeness (QED) is 0.848. The van der Waals surface area contributed by atoms with E-state index in [0.717, 1.165) is 16.6 Å². The lowest BCUT2D eigenvalue weighted by Gasteiger charge is -2.00. The van der Waals surface area contributed by atoms with Crippen molar-refractivity contribution < 1.29 is 9.90 Å². The molecule has 84 valence electrons. The van der Waals surface area contributed by atoms with Gasteiger partial charge >= 0.3 is 5.97 Å². The molecule has 0 bridgehead atoms. The molecule has 0 atom stereocenters. The number of aryl methyl sites for hydroxylation is 2. The summed E-state index contributed by atoms with van der Waals surface area (Å²) in [6.07, 6.45) is 0.731. The van der Waals surface area contributed by atoms with Crippen LogP contribution in [0.25, 0.3) is 11.0 Å². The predicted octanol–water partition coefficient (Wildman–Crippen LogP) is 1.60. The molecule has 1 heterocycles. The third-order valence-electron chi connectivity index (χ3n) is 2.43. The summed E-state index contributed by atoms with van der Waals surface area (Å²) in [6, 6.07) is 5.93. The van der Waals surface area contributed by atoms with E-state index in [4.69, 9.17) is 5.11 Å². The number of hydrogen-bond donors (Lipinski definition) is 1. The van der Waals surface area contributed by atoms with Crippen LogP contribution in [0.4, 0.5) is 0 Å². The van der Waals surface area contributed by atoms with Crippen LogP contribution in [0, 0.1) is 6.92 Å². The molecule has 0 aliphatic heterocycles. The fourth-order valence-corrected chi connectivity index (χ4v) is 1.63. The molecule has 1 aromatic carbocycles. The van der Waals surface area contributed by atoms with E-state index in [1.54, 1.807) is 4.68 Å². The first-order chi connectivity index (χ1) is 7.66. The summed E-state index contributed by atoms with van der Waals surface area (Å²) in [4.78, 5) is 10.4. The first-order valence-corrected chi connectivity index (χ1v) is 5.18. The summed E-state index contributed by atoms with van der Waals surface area (Å²) in [5, 5.41) is 16.6. The molecule has 0 radical (unpaired) electrons. The van der Waals surface area contributed by atoms with Crippen LogP contribution >= 0.6 is 0 Å². The molecule has 0 aliphatic rings. The Bertz CT molecular complexity index is 519. The average Bonchev–Trinajstić information content (AvgIpc) is 2.60. The van der Waals surface area contributed by atoms with Crippen molar-refractivity contribution in [3.8, 4) is 0 Å². The average molecular weight is 219 g/mol. The minimum Gasteiger partial charge on any atom is -0.481 e. The van der Waals surface area contributed by atoms with Crippen molar-refractivity contribution in [2.24, 2.45) is 0 Å². The molecule has 2 aromatic rings. The van der Waals surface area contributed by atoms with Gasteiger partial charge in [0.05, 0.1) is 5.52 Å². The number of carbonyl (C=O) groups is 1. The van der Waals surface area contributed by atoms with Crippen molar-refractivity contribution >= 4 is 17.0 Å². The van der Waals surface area contributed by atoms with Crippen LogP contribution in [0.3, 0.4) is 0 Å². The van der Waals surface area contributed by atoms with Gasteiger partial charge in [0.1, 0.15) is 5.52 Å².